The molecule has 1 N–H and O–H groups in total. The minimum Gasteiger partial charge on any atom is -0.438 e. The van der Waals surface area contributed by atoms with E-state index in [1.54, 1.807) is 84.0 Å². The number of hydrogen-bond acceptors (Lipinski definition) is 7. The van der Waals surface area contributed by atoms with Gasteiger partial charge in [0.05, 0.1) is 11.1 Å². The van der Waals surface area contributed by atoms with Crippen molar-refractivity contribution in [3.8, 4) is 17.4 Å². The highest BCUT2D eigenvalue weighted by Crippen LogP contribution is 2.23. The molecule has 0 atom stereocenters. The number of ether oxygens (including phenoxy) is 1. The van der Waals surface area contributed by atoms with Crippen LogP contribution in [0.1, 0.15) is 20.7 Å². The molecule has 0 unspecified atom stereocenters. The summed E-state index contributed by atoms with van der Waals surface area (Å²) in [7, 11) is 0. The predicted octanol–water partition coefficient (Wildman–Crippen LogP) is 2.69. The van der Waals surface area contributed by atoms with Crippen LogP contribution in [0.15, 0.2) is 79.4 Å². The van der Waals surface area contributed by atoms with Gasteiger partial charge in [-0.15, -0.1) is 10.2 Å². The van der Waals surface area contributed by atoms with Crippen molar-refractivity contribution < 1.29 is 19.1 Å². The van der Waals surface area contributed by atoms with E-state index < -0.39 is 17.7 Å². The van der Waals surface area contributed by atoms with Gasteiger partial charge < -0.3 is 10.1 Å². The van der Waals surface area contributed by atoms with Crippen molar-refractivity contribution in [2.75, 3.05) is 11.9 Å². The number of nitrogens with one attached hydrogen (secondary N) is 1. The molecule has 33 heavy (non-hydrogen) atoms. The van der Waals surface area contributed by atoms with Gasteiger partial charge in [-0.3, -0.25) is 23.9 Å². The Kier molecular flexibility index (Phi) is 5.07. The van der Waals surface area contributed by atoms with E-state index in [4.69, 9.17) is 4.74 Å². The normalized spacial score (nSPS) is 12.5. The van der Waals surface area contributed by atoms with Gasteiger partial charge in [-0.1, -0.05) is 12.1 Å². The van der Waals surface area contributed by atoms with Crippen LogP contribution in [0, 0.1) is 0 Å². The maximum atomic E-state index is 12.4. The van der Waals surface area contributed by atoms with Crippen molar-refractivity contribution in [2.45, 2.75) is 0 Å². The van der Waals surface area contributed by atoms with E-state index in [1.807, 2.05) is 0 Å². The number of benzene rings is 2. The summed E-state index contributed by atoms with van der Waals surface area (Å²) in [6, 6.07) is 16.5. The second-order valence-electron chi connectivity index (χ2n) is 7.12. The zero-order valence-corrected chi connectivity index (χ0v) is 17.1. The molecule has 0 fully saturated rings. The lowest BCUT2D eigenvalue weighted by atomic mass is 10.1. The first-order valence-corrected chi connectivity index (χ1v) is 9.93. The Bertz CT molecular complexity index is 1300. The number of anilines is 1. The van der Waals surface area contributed by atoms with E-state index in [0.29, 0.717) is 34.3 Å². The number of imidazole rings is 1. The van der Waals surface area contributed by atoms with Crippen LogP contribution in [0.3, 0.4) is 0 Å². The van der Waals surface area contributed by atoms with Crippen LogP contribution in [-0.2, 0) is 4.79 Å². The molecule has 0 bridgehead atoms. The summed E-state index contributed by atoms with van der Waals surface area (Å²) in [6.07, 6.45) is 5.02. The summed E-state index contributed by atoms with van der Waals surface area (Å²) >= 11 is 0. The molecule has 0 spiro atoms. The number of amides is 3. The van der Waals surface area contributed by atoms with Crippen LogP contribution < -0.4 is 10.1 Å². The Hall–Kier alpha value is -4.86. The minimum absolute atomic E-state index is 0.304. The van der Waals surface area contributed by atoms with Gasteiger partial charge in [-0.25, -0.2) is 4.98 Å². The van der Waals surface area contributed by atoms with Gasteiger partial charge in [-0.05, 0) is 42.5 Å². The van der Waals surface area contributed by atoms with Crippen molar-refractivity contribution in [2.24, 2.45) is 0 Å². The van der Waals surface area contributed by atoms with E-state index in [9.17, 15) is 14.4 Å². The SMILES string of the molecule is O=C(CN1C(=O)c2ccccc2C1=O)Nc1ccc(Oc2ccc(-n3ccnc3)nn2)cc1. The number of hydrogen-bond donors (Lipinski definition) is 1. The highest BCUT2D eigenvalue weighted by Gasteiger charge is 2.36. The molecule has 10 nitrogen and oxygen atoms in total. The maximum absolute atomic E-state index is 12.4. The van der Waals surface area contributed by atoms with Gasteiger partial charge in [0, 0.05) is 24.1 Å². The first-order valence-electron chi connectivity index (χ1n) is 9.93. The molecule has 0 radical (unpaired) electrons. The predicted molar refractivity (Wildman–Crippen MR) is 116 cm³/mol. The fraction of sp³-hybridized carbons (Fsp3) is 0.0435. The zero-order chi connectivity index (χ0) is 22.8. The van der Waals surface area contributed by atoms with Gasteiger partial charge >= 0.3 is 0 Å². The lowest BCUT2D eigenvalue weighted by Crippen LogP contribution is -2.37. The molecule has 3 amide bonds. The van der Waals surface area contributed by atoms with Gasteiger partial charge in [0.15, 0.2) is 5.82 Å². The largest absolute Gasteiger partial charge is 0.438 e. The summed E-state index contributed by atoms with van der Waals surface area (Å²) < 4.78 is 7.39. The van der Waals surface area contributed by atoms with E-state index in [1.165, 1.54) is 0 Å². The molecule has 1 aliphatic heterocycles. The van der Waals surface area contributed by atoms with Gasteiger partial charge in [-0.2, -0.15) is 0 Å². The molecule has 4 aromatic rings. The number of fused-ring (bicyclic) bond motifs is 1. The molecule has 0 aliphatic carbocycles. The number of aromatic nitrogens is 4. The second kappa shape index (κ2) is 8.35. The fourth-order valence-corrected chi connectivity index (χ4v) is 3.35. The molecular weight excluding hydrogens is 424 g/mol. The first kappa shape index (κ1) is 20.1. The van der Waals surface area contributed by atoms with E-state index in [2.05, 4.69) is 20.5 Å². The average molecular weight is 440 g/mol. The molecule has 5 rings (SSSR count). The number of nitrogens with zero attached hydrogens (tertiary/aromatic N) is 5. The summed E-state index contributed by atoms with van der Waals surface area (Å²) in [5.41, 5.74) is 1.10. The van der Waals surface area contributed by atoms with Crippen LogP contribution in [0.5, 0.6) is 11.6 Å². The summed E-state index contributed by atoms with van der Waals surface area (Å²) in [5, 5.41) is 10.8. The third kappa shape index (κ3) is 4.04. The Labute approximate surface area is 187 Å². The Morgan fingerprint density at radius 2 is 1.64 bits per heavy atom. The Morgan fingerprint density at radius 3 is 2.24 bits per heavy atom. The molecule has 162 valence electrons. The number of carbonyl (C=O) groups excluding carboxylic acids is 3. The van der Waals surface area contributed by atoms with Crippen LogP contribution >= 0.6 is 0 Å². The summed E-state index contributed by atoms with van der Waals surface area (Å²) in [5.74, 6) is -0.0289. The molecule has 0 saturated heterocycles. The molecule has 0 saturated carbocycles. The topological polar surface area (TPSA) is 119 Å². The number of rotatable bonds is 6. The monoisotopic (exact) mass is 440 g/mol. The van der Waals surface area contributed by atoms with Crippen molar-refractivity contribution in [3.05, 3.63) is 90.5 Å². The van der Waals surface area contributed by atoms with Crippen molar-refractivity contribution in [1.82, 2.24) is 24.6 Å². The van der Waals surface area contributed by atoms with Crippen molar-refractivity contribution >= 4 is 23.4 Å². The van der Waals surface area contributed by atoms with Crippen molar-refractivity contribution in [3.63, 3.8) is 0 Å². The Morgan fingerprint density at radius 1 is 0.909 bits per heavy atom. The molecular formula is C23H16N6O4. The minimum atomic E-state index is -0.487. The lowest BCUT2D eigenvalue weighted by Gasteiger charge is -2.14. The lowest BCUT2D eigenvalue weighted by molar-refractivity contribution is -0.116. The first-order chi connectivity index (χ1) is 16.1. The quantitative estimate of drug-likeness (QED) is 0.458. The fourth-order valence-electron chi connectivity index (χ4n) is 3.35. The highest BCUT2D eigenvalue weighted by molar-refractivity contribution is 6.22. The van der Waals surface area contributed by atoms with Crippen LogP contribution in [0.4, 0.5) is 5.69 Å². The van der Waals surface area contributed by atoms with Gasteiger partial charge in [0.2, 0.25) is 11.8 Å². The summed E-state index contributed by atoms with van der Waals surface area (Å²) in [6.45, 7) is -0.372. The smallest absolute Gasteiger partial charge is 0.262 e. The zero-order valence-electron chi connectivity index (χ0n) is 17.1. The molecule has 10 heteroatoms. The van der Waals surface area contributed by atoms with Gasteiger partial charge in [0.25, 0.3) is 11.8 Å². The van der Waals surface area contributed by atoms with Gasteiger partial charge in [0.1, 0.15) is 18.6 Å². The third-order valence-electron chi connectivity index (χ3n) is 4.94. The van der Waals surface area contributed by atoms with E-state index in [0.717, 1.165) is 4.90 Å². The second-order valence-corrected chi connectivity index (χ2v) is 7.12. The molecule has 2 aromatic carbocycles. The van der Waals surface area contributed by atoms with E-state index >= 15 is 0 Å². The Balaban J connectivity index is 1.18. The number of imide groups is 1. The third-order valence-corrected chi connectivity index (χ3v) is 4.94. The summed E-state index contributed by atoms with van der Waals surface area (Å²) in [4.78, 5) is 42.1. The van der Waals surface area contributed by atoms with Crippen LogP contribution in [0.2, 0.25) is 0 Å². The van der Waals surface area contributed by atoms with Crippen LogP contribution in [-0.4, -0.2) is 48.9 Å². The average Bonchev–Trinajstić information content (AvgIpc) is 3.45. The molecule has 1 aliphatic rings. The van der Waals surface area contributed by atoms with E-state index in [-0.39, 0.29) is 6.54 Å². The highest BCUT2D eigenvalue weighted by atomic mass is 16.5. The van der Waals surface area contributed by atoms with Crippen molar-refractivity contribution in [1.29, 1.82) is 0 Å². The molecule has 2 aromatic heterocycles. The standard InChI is InChI=1S/C23H16N6O4/c30-20(13-29-22(31)17-3-1-2-4-18(17)23(29)32)25-15-5-7-16(8-6-15)33-21-10-9-19(26-27-21)28-12-11-24-14-28/h1-12,14H,13H2,(H,25,30). The van der Waals surface area contributed by atoms with Crippen LogP contribution in [0.25, 0.3) is 5.82 Å². The maximum Gasteiger partial charge on any atom is 0.262 e. The molecule has 3 heterocycles. The number of carbonyl (C=O) groups is 3.